The predicted octanol–water partition coefficient (Wildman–Crippen LogP) is 0.0200. The van der Waals surface area contributed by atoms with E-state index in [2.05, 4.69) is 28.5 Å². The maximum Gasteiger partial charge on any atom is 0.338 e. The highest BCUT2D eigenvalue weighted by Gasteiger charge is 2.21. The summed E-state index contributed by atoms with van der Waals surface area (Å²) in [6.07, 6.45) is 1.30. The molecule has 0 aromatic carbocycles. The van der Waals surface area contributed by atoms with Crippen molar-refractivity contribution in [1.29, 1.82) is 0 Å². The highest BCUT2D eigenvalue weighted by molar-refractivity contribution is 8.47. The van der Waals surface area contributed by atoms with Crippen LogP contribution in [0.5, 0.6) is 0 Å². The van der Waals surface area contributed by atoms with Gasteiger partial charge in [-0.1, -0.05) is 18.3 Å². The number of hydrogen-bond acceptors (Lipinski definition) is 4. The lowest BCUT2D eigenvalue weighted by Crippen LogP contribution is -2.27. The van der Waals surface area contributed by atoms with Crippen LogP contribution >= 0.6 is 19.0 Å². The lowest BCUT2D eigenvalue weighted by atomic mass is 10.7. The Balaban J connectivity index is 4.24. The normalized spacial score (nSPS) is 16.8. The van der Waals surface area contributed by atoms with E-state index in [0.717, 1.165) is 0 Å². The Morgan fingerprint density at radius 2 is 2.25 bits per heavy atom. The smallest absolute Gasteiger partial charge is 0.305 e. The topological polar surface area (TPSA) is 98.5 Å². The fourth-order valence-electron chi connectivity index (χ4n) is 0.341. The van der Waals surface area contributed by atoms with Crippen molar-refractivity contribution in [3.05, 3.63) is 12.7 Å². The van der Waals surface area contributed by atoms with Crippen molar-refractivity contribution in [3.8, 4) is 0 Å². The Kier molecular flexibility index (Phi) is 4.46. The molecule has 0 fully saturated rings. The average Bonchev–Trinajstić information content (AvgIpc) is 1.78. The molecule has 0 saturated heterocycles. The Labute approximate surface area is 76.0 Å². The van der Waals surface area contributed by atoms with Gasteiger partial charge in [-0.05, 0) is 0 Å². The maximum atomic E-state index is 11.0. The van der Waals surface area contributed by atoms with Gasteiger partial charge >= 0.3 is 6.72 Å². The van der Waals surface area contributed by atoms with Gasteiger partial charge < -0.3 is 4.52 Å². The molecule has 0 saturated carbocycles. The van der Waals surface area contributed by atoms with E-state index >= 15 is 0 Å². The monoisotopic (exact) mass is 232 g/mol. The standard InChI is InChI=1S/C3H9N2O4PS2/c1-2-3-9-10(6,11)5-12(4,7)8/h2H,1,3H2,(H2,4,7,8)(H2,5,6,11). The molecule has 6 nitrogen and oxygen atoms in total. The number of hydrogen-bond donors (Lipinski definition) is 3. The molecule has 12 heavy (non-hydrogen) atoms. The van der Waals surface area contributed by atoms with Crippen molar-refractivity contribution < 1.29 is 17.5 Å². The third-order valence-electron chi connectivity index (χ3n) is 0.610. The first kappa shape index (κ1) is 12.2. The van der Waals surface area contributed by atoms with Crippen LogP contribution in [-0.4, -0.2) is 15.0 Å². The lowest BCUT2D eigenvalue weighted by Gasteiger charge is -2.10. The van der Waals surface area contributed by atoms with Crippen LogP contribution in [0.3, 0.4) is 0 Å². The summed E-state index contributed by atoms with van der Waals surface area (Å²) in [5, 5.41) is 4.53. The highest BCUT2D eigenvalue weighted by atomic mass is 32.7. The molecule has 0 aromatic rings. The molecular formula is C3H9N2O4PS2. The molecule has 3 N–H and O–H groups in total. The molecule has 0 aromatic heterocycles. The maximum absolute atomic E-state index is 11.0. The van der Waals surface area contributed by atoms with Gasteiger partial charge in [0, 0.05) is 0 Å². The van der Waals surface area contributed by atoms with Crippen molar-refractivity contribution >= 4 is 29.2 Å². The van der Waals surface area contributed by atoms with Gasteiger partial charge in [0.25, 0.3) is 10.2 Å². The minimum absolute atomic E-state index is 0.0801. The van der Waals surface area contributed by atoms with Gasteiger partial charge in [0.1, 0.15) is 0 Å². The Hall–Kier alpha value is 0.150. The van der Waals surface area contributed by atoms with Crippen LogP contribution in [0.25, 0.3) is 0 Å². The number of nitrogens with two attached hydrogens (primary N) is 1. The summed E-state index contributed by atoms with van der Waals surface area (Å²) in [5.74, 6) is 0. The van der Waals surface area contributed by atoms with E-state index in [0.29, 0.717) is 0 Å². The Morgan fingerprint density at radius 1 is 1.75 bits per heavy atom. The summed E-state index contributed by atoms with van der Waals surface area (Å²) in [6, 6.07) is 0. The second kappa shape index (κ2) is 4.40. The van der Waals surface area contributed by atoms with Gasteiger partial charge in [-0.25, -0.2) is 5.14 Å². The second-order valence-corrected chi connectivity index (χ2v) is 6.44. The minimum atomic E-state index is -4.06. The van der Waals surface area contributed by atoms with Crippen LogP contribution in [0.1, 0.15) is 0 Å². The van der Waals surface area contributed by atoms with Crippen LogP contribution < -0.4 is 9.63 Å². The van der Waals surface area contributed by atoms with E-state index in [4.69, 9.17) is 0 Å². The third-order valence-corrected chi connectivity index (χ3v) is 4.13. The van der Waals surface area contributed by atoms with Gasteiger partial charge in [0.05, 0.1) is 6.61 Å². The Morgan fingerprint density at radius 3 is 2.58 bits per heavy atom. The van der Waals surface area contributed by atoms with Crippen LogP contribution in [0.2, 0.25) is 0 Å². The molecule has 0 amide bonds. The van der Waals surface area contributed by atoms with Gasteiger partial charge in [-0.3, -0.25) is 4.57 Å². The molecule has 0 aliphatic heterocycles. The molecule has 1 unspecified atom stereocenters. The van der Waals surface area contributed by atoms with Crippen molar-refractivity contribution in [3.63, 3.8) is 0 Å². The summed E-state index contributed by atoms with van der Waals surface area (Å²) in [4.78, 5) is 0. The van der Waals surface area contributed by atoms with Gasteiger partial charge in [-0.2, -0.15) is 8.42 Å². The molecule has 0 bridgehead atoms. The first-order valence-electron chi connectivity index (χ1n) is 2.67. The second-order valence-electron chi connectivity index (χ2n) is 1.74. The quantitative estimate of drug-likeness (QED) is 0.353. The first-order chi connectivity index (χ1) is 5.27. The van der Waals surface area contributed by atoms with E-state index in [9.17, 15) is 13.0 Å². The van der Waals surface area contributed by atoms with Gasteiger partial charge in [0.15, 0.2) is 0 Å². The molecule has 9 heteroatoms. The summed E-state index contributed by atoms with van der Waals surface area (Å²) >= 11 is 3.43. The van der Waals surface area contributed by atoms with Crippen molar-refractivity contribution in [2.45, 2.75) is 0 Å². The minimum Gasteiger partial charge on any atom is -0.305 e. The fourth-order valence-corrected chi connectivity index (χ4v) is 3.37. The molecule has 0 radical (unpaired) electrons. The summed E-state index contributed by atoms with van der Waals surface area (Å²) in [7, 11) is -4.06. The number of thiol groups is 1. The molecule has 0 aliphatic rings. The molecule has 0 spiro atoms. The van der Waals surface area contributed by atoms with Crippen molar-refractivity contribution in [2.75, 3.05) is 6.61 Å². The van der Waals surface area contributed by atoms with Crippen LogP contribution in [0.15, 0.2) is 12.7 Å². The van der Waals surface area contributed by atoms with E-state index in [1.807, 2.05) is 0 Å². The molecule has 1 atom stereocenters. The van der Waals surface area contributed by atoms with Crippen LogP contribution in [0, 0.1) is 0 Å². The van der Waals surface area contributed by atoms with Crippen molar-refractivity contribution in [1.82, 2.24) is 4.49 Å². The summed E-state index contributed by atoms with van der Waals surface area (Å²) in [6.45, 7) is -0.479. The van der Waals surface area contributed by atoms with E-state index < -0.39 is 16.9 Å². The SMILES string of the molecule is C=CCOP(=O)(S)NS(N)(=O)=O. The molecule has 72 valence electrons. The fraction of sp³-hybridized carbons (Fsp3) is 0.333. The van der Waals surface area contributed by atoms with Crippen molar-refractivity contribution in [2.24, 2.45) is 5.14 Å². The molecule has 0 aliphatic carbocycles. The van der Waals surface area contributed by atoms with E-state index in [1.54, 1.807) is 0 Å². The lowest BCUT2D eigenvalue weighted by molar-refractivity contribution is 0.364. The average molecular weight is 232 g/mol. The number of rotatable bonds is 5. The predicted molar refractivity (Wildman–Crippen MR) is 49.0 cm³/mol. The highest BCUT2D eigenvalue weighted by Crippen LogP contribution is 2.47. The zero-order chi connectivity index (χ0) is 9.83. The third kappa shape index (κ3) is 6.84. The molecule has 0 heterocycles. The molecular weight excluding hydrogens is 223 g/mol. The first-order valence-corrected chi connectivity index (χ1v) is 6.99. The van der Waals surface area contributed by atoms with Gasteiger partial charge in [-0.15, -0.1) is 11.1 Å². The number of nitrogens with one attached hydrogen (secondary N) is 1. The summed E-state index contributed by atoms with van der Waals surface area (Å²) < 4.78 is 37.7. The zero-order valence-corrected chi connectivity index (χ0v) is 8.61. The summed E-state index contributed by atoms with van der Waals surface area (Å²) in [5.41, 5.74) is 0. The van der Waals surface area contributed by atoms with E-state index in [-0.39, 0.29) is 6.61 Å². The Bertz CT molecular complexity index is 299. The van der Waals surface area contributed by atoms with E-state index in [1.165, 1.54) is 10.6 Å². The molecule has 0 rings (SSSR count). The van der Waals surface area contributed by atoms with Crippen LogP contribution in [-0.2, 0) is 19.3 Å². The largest absolute Gasteiger partial charge is 0.338 e. The van der Waals surface area contributed by atoms with Crippen LogP contribution in [0.4, 0.5) is 0 Å². The van der Waals surface area contributed by atoms with Gasteiger partial charge in [0.2, 0.25) is 0 Å². The zero-order valence-electron chi connectivity index (χ0n) is 6.00.